The van der Waals surface area contributed by atoms with E-state index in [0.29, 0.717) is 16.2 Å². The first-order valence-corrected chi connectivity index (χ1v) is 6.88. The smallest absolute Gasteiger partial charge is 0.256 e. The predicted molar refractivity (Wildman–Crippen MR) is 82.3 cm³/mol. The summed E-state index contributed by atoms with van der Waals surface area (Å²) in [5.41, 5.74) is 0.420. The summed E-state index contributed by atoms with van der Waals surface area (Å²) in [5.74, 6) is -0.504. The molecule has 0 radical (unpaired) electrons. The van der Waals surface area contributed by atoms with Crippen LogP contribution in [-0.2, 0) is 0 Å². The van der Waals surface area contributed by atoms with Crippen LogP contribution in [0.1, 0.15) is 10.4 Å². The second kappa shape index (κ2) is 6.28. The molecule has 0 heterocycles. The third kappa shape index (κ3) is 3.32. The van der Waals surface area contributed by atoms with E-state index in [4.69, 9.17) is 4.74 Å². The summed E-state index contributed by atoms with van der Waals surface area (Å²) in [6.07, 6.45) is 0. The molecular weight excluding hydrogens is 345 g/mol. The Hall–Kier alpha value is -1.53. The van der Waals surface area contributed by atoms with E-state index in [1.54, 1.807) is 18.2 Å². The van der Waals surface area contributed by atoms with Gasteiger partial charge >= 0.3 is 0 Å². The Morgan fingerprint density at radius 1 is 1.30 bits per heavy atom. The average Bonchev–Trinajstić information content (AvgIpc) is 2.41. The largest absolute Gasteiger partial charge is 0.497 e. The van der Waals surface area contributed by atoms with E-state index in [-0.39, 0.29) is 5.69 Å². The molecule has 6 heteroatoms. The molecule has 0 bridgehead atoms. The van der Waals surface area contributed by atoms with Crippen molar-refractivity contribution in [3.05, 3.63) is 52.3 Å². The molecule has 0 aliphatic carbocycles. The number of rotatable bonds is 3. The Balaban J connectivity index is 2.27. The van der Waals surface area contributed by atoms with Crippen molar-refractivity contribution in [2.45, 2.75) is 4.90 Å². The molecule has 2 aromatic carbocycles. The minimum atomic E-state index is -0.531. The second-order valence-electron chi connectivity index (χ2n) is 3.96. The first kappa shape index (κ1) is 14.9. The van der Waals surface area contributed by atoms with E-state index in [1.165, 1.54) is 25.3 Å². The number of hydrogen-bond donors (Lipinski definition) is 2. The highest BCUT2D eigenvalue weighted by molar-refractivity contribution is 9.10. The minimum Gasteiger partial charge on any atom is -0.497 e. The summed E-state index contributed by atoms with van der Waals surface area (Å²) in [6.45, 7) is 0. The number of amides is 1. The highest BCUT2D eigenvalue weighted by atomic mass is 79.9. The van der Waals surface area contributed by atoms with Gasteiger partial charge in [0.1, 0.15) is 11.6 Å². The maximum atomic E-state index is 13.6. The molecule has 0 atom stereocenters. The molecule has 2 aromatic rings. The number of thiol groups is 1. The number of hydrogen-bond acceptors (Lipinski definition) is 3. The molecule has 2 rings (SSSR count). The van der Waals surface area contributed by atoms with Crippen LogP contribution in [0.2, 0.25) is 0 Å². The molecule has 0 aromatic heterocycles. The molecule has 0 aliphatic heterocycles. The maximum absolute atomic E-state index is 13.6. The van der Waals surface area contributed by atoms with E-state index < -0.39 is 11.7 Å². The molecule has 0 saturated heterocycles. The van der Waals surface area contributed by atoms with Crippen LogP contribution in [0, 0.1) is 5.82 Å². The van der Waals surface area contributed by atoms with Crippen molar-refractivity contribution in [2.24, 2.45) is 0 Å². The fourth-order valence-corrected chi connectivity index (χ4v) is 2.47. The van der Waals surface area contributed by atoms with Crippen molar-refractivity contribution in [3.63, 3.8) is 0 Å². The van der Waals surface area contributed by atoms with Crippen LogP contribution < -0.4 is 10.1 Å². The Morgan fingerprint density at radius 3 is 2.70 bits per heavy atom. The summed E-state index contributed by atoms with van der Waals surface area (Å²) in [7, 11) is 1.47. The van der Waals surface area contributed by atoms with Gasteiger partial charge in [0.2, 0.25) is 0 Å². The predicted octanol–water partition coefficient (Wildman–Crippen LogP) is 4.14. The minimum absolute atomic E-state index is 0.0602. The van der Waals surface area contributed by atoms with Crippen molar-refractivity contribution >= 4 is 40.2 Å². The van der Waals surface area contributed by atoms with Gasteiger partial charge in [0.25, 0.3) is 5.91 Å². The number of nitrogens with one attached hydrogen (secondary N) is 1. The van der Waals surface area contributed by atoms with Gasteiger partial charge in [0.15, 0.2) is 0 Å². The van der Waals surface area contributed by atoms with Crippen LogP contribution >= 0.6 is 28.6 Å². The van der Waals surface area contributed by atoms with Crippen LogP contribution in [-0.4, -0.2) is 13.0 Å². The highest BCUT2D eigenvalue weighted by Crippen LogP contribution is 2.24. The molecule has 0 fully saturated rings. The number of carbonyl (C=O) groups excluding carboxylic acids is 1. The monoisotopic (exact) mass is 355 g/mol. The first-order chi connectivity index (χ1) is 9.51. The normalized spacial score (nSPS) is 10.2. The third-order valence-electron chi connectivity index (χ3n) is 2.63. The maximum Gasteiger partial charge on any atom is 0.256 e. The second-order valence-corrected chi connectivity index (χ2v) is 5.36. The molecule has 1 amide bonds. The third-order valence-corrected chi connectivity index (χ3v) is 3.49. The summed E-state index contributed by atoms with van der Waals surface area (Å²) in [6, 6.07) is 9.16. The number of carbonyl (C=O) groups is 1. The van der Waals surface area contributed by atoms with Crippen LogP contribution in [0.4, 0.5) is 10.1 Å². The van der Waals surface area contributed by atoms with Crippen molar-refractivity contribution in [1.82, 2.24) is 0 Å². The zero-order valence-corrected chi connectivity index (χ0v) is 13.0. The Kier molecular flexibility index (Phi) is 4.67. The SMILES string of the molecule is COc1ccc(F)c(NC(=O)c2ccc(Br)cc2S)c1. The molecule has 20 heavy (non-hydrogen) atoms. The van der Waals surface area contributed by atoms with Gasteiger partial charge in [-0.2, -0.15) is 0 Å². The molecule has 3 nitrogen and oxygen atoms in total. The summed E-state index contributed by atoms with van der Waals surface area (Å²) < 4.78 is 19.5. The Morgan fingerprint density at radius 2 is 2.05 bits per heavy atom. The average molecular weight is 356 g/mol. The van der Waals surface area contributed by atoms with Crippen LogP contribution in [0.15, 0.2) is 45.8 Å². The lowest BCUT2D eigenvalue weighted by Crippen LogP contribution is -2.13. The van der Waals surface area contributed by atoms with Gasteiger partial charge in [0, 0.05) is 15.4 Å². The van der Waals surface area contributed by atoms with Gasteiger partial charge in [-0.1, -0.05) is 15.9 Å². The molecular formula is C14H11BrFNO2S. The fraction of sp³-hybridized carbons (Fsp3) is 0.0714. The van der Waals surface area contributed by atoms with Crippen molar-refractivity contribution in [2.75, 3.05) is 12.4 Å². The van der Waals surface area contributed by atoms with Gasteiger partial charge in [-0.3, -0.25) is 4.79 Å². The lowest BCUT2D eigenvalue weighted by Gasteiger charge is -2.09. The van der Waals surface area contributed by atoms with E-state index in [1.807, 2.05) is 0 Å². The van der Waals surface area contributed by atoms with Gasteiger partial charge in [-0.15, -0.1) is 12.6 Å². The molecule has 0 saturated carbocycles. The van der Waals surface area contributed by atoms with Crippen molar-refractivity contribution in [1.29, 1.82) is 0 Å². The molecule has 104 valence electrons. The van der Waals surface area contributed by atoms with Crippen molar-refractivity contribution < 1.29 is 13.9 Å². The summed E-state index contributed by atoms with van der Waals surface area (Å²) in [5, 5.41) is 2.50. The summed E-state index contributed by atoms with van der Waals surface area (Å²) in [4.78, 5) is 12.6. The van der Waals surface area contributed by atoms with E-state index in [0.717, 1.165) is 4.47 Å². The Labute approximate surface area is 129 Å². The summed E-state index contributed by atoms with van der Waals surface area (Å²) >= 11 is 7.51. The molecule has 0 aliphatic rings. The quantitative estimate of drug-likeness (QED) is 0.812. The van der Waals surface area contributed by atoms with Gasteiger partial charge in [-0.25, -0.2) is 4.39 Å². The van der Waals surface area contributed by atoms with Crippen LogP contribution in [0.5, 0.6) is 5.75 Å². The zero-order chi connectivity index (χ0) is 14.7. The fourth-order valence-electron chi connectivity index (χ4n) is 1.61. The standard InChI is InChI=1S/C14H11BrFNO2S/c1-19-9-3-5-11(16)12(7-9)17-14(18)10-4-2-8(15)6-13(10)20/h2-7,20H,1H3,(H,17,18). The highest BCUT2D eigenvalue weighted by Gasteiger charge is 2.13. The lowest BCUT2D eigenvalue weighted by atomic mass is 10.2. The van der Waals surface area contributed by atoms with Crippen LogP contribution in [0.3, 0.4) is 0 Å². The molecule has 0 unspecified atom stereocenters. The van der Waals surface area contributed by atoms with Gasteiger partial charge < -0.3 is 10.1 Å². The first-order valence-electron chi connectivity index (χ1n) is 5.64. The van der Waals surface area contributed by atoms with Crippen LogP contribution in [0.25, 0.3) is 0 Å². The van der Waals surface area contributed by atoms with Gasteiger partial charge in [0.05, 0.1) is 18.4 Å². The number of methoxy groups -OCH3 is 1. The van der Waals surface area contributed by atoms with E-state index in [2.05, 4.69) is 33.9 Å². The van der Waals surface area contributed by atoms with E-state index >= 15 is 0 Å². The Bertz CT molecular complexity index is 664. The number of benzene rings is 2. The molecule has 0 spiro atoms. The van der Waals surface area contributed by atoms with Gasteiger partial charge in [-0.05, 0) is 30.3 Å². The zero-order valence-electron chi connectivity index (χ0n) is 10.5. The topological polar surface area (TPSA) is 38.3 Å². The van der Waals surface area contributed by atoms with E-state index in [9.17, 15) is 9.18 Å². The number of anilines is 1. The lowest BCUT2D eigenvalue weighted by molar-refractivity contribution is 0.102. The number of halogens is 2. The number of ether oxygens (including phenoxy) is 1. The molecule has 1 N–H and O–H groups in total. The van der Waals surface area contributed by atoms with Crippen molar-refractivity contribution in [3.8, 4) is 5.75 Å².